The highest BCUT2D eigenvalue weighted by Gasteiger charge is 2.34. The van der Waals surface area contributed by atoms with E-state index in [2.05, 4.69) is 9.97 Å². The van der Waals surface area contributed by atoms with Crippen LogP contribution in [0.2, 0.25) is 4.34 Å². The lowest BCUT2D eigenvalue weighted by molar-refractivity contribution is 0.206. The van der Waals surface area contributed by atoms with Crippen molar-refractivity contribution in [2.45, 2.75) is 16.7 Å². The van der Waals surface area contributed by atoms with Gasteiger partial charge in [0.15, 0.2) is 0 Å². The maximum absolute atomic E-state index is 12.4. The SMILES string of the molecule is O=S(=O)(c1ccc(Cl)s1)N1CC[C@@H](Oc2ccncn2)C1. The first-order chi connectivity index (χ1) is 10.1. The van der Waals surface area contributed by atoms with E-state index < -0.39 is 10.0 Å². The Bertz CT molecular complexity index is 720. The molecule has 1 aliphatic rings. The summed E-state index contributed by atoms with van der Waals surface area (Å²) in [6, 6.07) is 4.77. The minimum absolute atomic E-state index is 0.204. The quantitative estimate of drug-likeness (QED) is 0.847. The molecule has 0 amide bonds. The van der Waals surface area contributed by atoms with Crippen LogP contribution in [0.25, 0.3) is 0 Å². The summed E-state index contributed by atoms with van der Waals surface area (Å²) in [7, 11) is -3.49. The fourth-order valence-corrected chi connectivity index (χ4v) is 5.22. The van der Waals surface area contributed by atoms with Gasteiger partial charge in [0.05, 0.1) is 10.9 Å². The Hall–Kier alpha value is -1.22. The predicted molar refractivity (Wildman–Crippen MR) is 79.2 cm³/mol. The number of hydrogen-bond donors (Lipinski definition) is 0. The average Bonchev–Trinajstić information content (AvgIpc) is 3.10. The Labute approximate surface area is 131 Å². The number of thiophene rings is 1. The molecule has 0 unspecified atom stereocenters. The van der Waals surface area contributed by atoms with Gasteiger partial charge in [0.2, 0.25) is 5.88 Å². The molecule has 0 saturated carbocycles. The molecular formula is C12H12ClN3O3S2. The Morgan fingerprint density at radius 2 is 2.24 bits per heavy atom. The lowest BCUT2D eigenvalue weighted by Crippen LogP contribution is -2.30. The Balaban J connectivity index is 1.69. The molecular weight excluding hydrogens is 334 g/mol. The number of hydrogen-bond acceptors (Lipinski definition) is 6. The second-order valence-corrected chi connectivity index (χ2v) is 8.38. The number of halogens is 1. The van der Waals surface area contributed by atoms with Gasteiger partial charge in [0, 0.05) is 18.8 Å². The van der Waals surface area contributed by atoms with Crippen molar-refractivity contribution in [3.8, 4) is 5.88 Å². The fourth-order valence-electron chi connectivity index (χ4n) is 2.09. The zero-order valence-electron chi connectivity index (χ0n) is 10.8. The molecule has 0 N–H and O–H groups in total. The van der Waals surface area contributed by atoms with Crippen molar-refractivity contribution >= 4 is 33.0 Å². The molecule has 3 rings (SSSR count). The van der Waals surface area contributed by atoms with E-state index in [4.69, 9.17) is 16.3 Å². The molecule has 3 heterocycles. The molecule has 0 bridgehead atoms. The van der Waals surface area contributed by atoms with Crippen LogP contribution in [-0.2, 0) is 10.0 Å². The van der Waals surface area contributed by atoms with Crippen LogP contribution in [0.15, 0.2) is 34.9 Å². The smallest absolute Gasteiger partial charge is 0.252 e. The maximum atomic E-state index is 12.4. The van der Waals surface area contributed by atoms with Crippen LogP contribution in [0.1, 0.15) is 6.42 Å². The summed E-state index contributed by atoms with van der Waals surface area (Å²) in [6.45, 7) is 0.732. The number of rotatable bonds is 4. The largest absolute Gasteiger partial charge is 0.473 e. The lowest BCUT2D eigenvalue weighted by atomic mass is 10.3. The average molecular weight is 346 g/mol. The van der Waals surface area contributed by atoms with Crippen molar-refractivity contribution in [2.24, 2.45) is 0 Å². The Morgan fingerprint density at radius 1 is 1.38 bits per heavy atom. The van der Waals surface area contributed by atoms with Crippen LogP contribution in [0.4, 0.5) is 0 Å². The van der Waals surface area contributed by atoms with Crippen LogP contribution in [0.3, 0.4) is 0 Å². The van der Waals surface area contributed by atoms with E-state index in [1.165, 1.54) is 16.7 Å². The van der Waals surface area contributed by atoms with Gasteiger partial charge in [-0.2, -0.15) is 4.31 Å². The molecule has 0 aliphatic carbocycles. The number of ether oxygens (including phenoxy) is 1. The van der Waals surface area contributed by atoms with Crippen molar-refractivity contribution in [3.63, 3.8) is 0 Å². The molecule has 112 valence electrons. The molecule has 0 aromatic carbocycles. The molecule has 0 radical (unpaired) electrons. The first-order valence-corrected chi connectivity index (χ1v) is 8.87. The maximum Gasteiger partial charge on any atom is 0.252 e. The molecule has 1 aliphatic heterocycles. The van der Waals surface area contributed by atoms with Gasteiger partial charge in [-0.05, 0) is 18.6 Å². The first-order valence-electron chi connectivity index (χ1n) is 6.24. The highest BCUT2D eigenvalue weighted by Crippen LogP contribution is 2.30. The summed E-state index contributed by atoms with van der Waals surface area (Å²) >= 11 is 6.87. The Kier molecular flexibility index (Phi) is 4.12. The van der Waals surface area contributed by atoms with Gasteiger partial charge in [-0.1, -0.05) is 11.6 Å². The molecule has 0 spiro atoms. The van der Waals surface area contributed by atoms with Gasteiger partial charge in [-0.15, -0.1) is 11.3 Å². The summed E-state index contributed by atoms with van der Waals surface area (Å²) in [5, 5.41) is 0. The van der Waals surface area contributed by atoms with Gasteiger partial charge >= 0.3 is 0 Å². The third-order valence-electron chi connectivity index (χ3n) is 3.09. The van der Waals surface area contributed by atoms with Gasteiger partial charge in [-0.3, -0.25) is 0 Å². The third-order valence-corrected chi connectivity index (χ3v) is 6.66. The van der Waals surface area contributed by atoms with E-state index in [-0.39, 0.29) is 10.3 Å². The Morgan fingerprint density at radius 3 is 2.90 bits per heavy atom. The fraction of sp³-hybridized carbons (Fsp3) is 0.333. The number of nitrogens with zero attached hydrogens (tertiary/aromatic N) is 3. The van der Waals surface area contributed by atoms with Crippen molar-refractivity contribution in [1.29, 1.82) is 0 Å². The topological polar surface area (TPSA) is 72.4 Å². The predicted octanol–water partition coefficient (Wildman–Crippen LogP) is 2.03. The molecule has 2 aromatic heterocycles. The molecule has 1 atom stereocenters. The van der Waals surface area contributed by atoms with Crippen molar-refractivity contribution in [3.05, 3.63) is 35.1 Å². The summed E-state index contributed by atoms with van der Waals surface area (Å²) in [5.41, 5.74) is 0. The second kappa shape index (κ2) is 5.88. The van der Waals surface area contributed by atoms with Crippen LogP contribution < -0.4 is 4.74 Å². The minimum Gasteiger partial charge on any atom is -0.473 e. The molecule has 1 saturated heterocycles. The molecule has 6 nitrogen and oxygen atoms in total. The summed E-state index contributed by atoms with van der Waals surface area (Å²) in [4.78, 5) is 7.78. The van der Waals surface area contributed by atoms with E-state index >= 15 is 0 Å². The van der Waals surface area contributed by atoms with Crippen LogP contribution >= 0.6 is 22.9 Å². The minimum atomic E-state index is -3.49. The van der Waals surface area contributed by atoms with E-state index in [0.717, 1.165) is 11.3 Å². The highest BCUT2D eigenvalue weighted by molar-refractivity contribution is 7.91. The van der Waals surface area contributed by atoms with Gasteiger partial charge in [0.1, 0.15) is 16.6 Å². The highest BCUT2D eigenvalue weighted by atomic mass is 35.5. The molecule has 1 fully saturated rings. The van der Waals surface area contributed by atoms with Gasteiger partial charge in [0.25, 0.3) is 10.0 Å². The summed E-state index contributed by atoms with van der Waals surface area (Å²) in [5.74, 6) is 0.452. The number of sulfonamides is 1. The van der Waals surface area contributed by atoms with E-state index in [1.807, 2.05) is 0 Å². The van der Waals surface area contributed by atoms with Crippen LogP contribution in [0, 0.1) is 0 Å². The zero-order valence-corrected chi connectivity index (χ0v) is 13.2. The monoisotopic (exact) mass is 345 g/mol. The molecule has 2 aromatic rings. The standard InChI is InChI=1S/C12H12ClN3O3S2/c13-10-1-2-12(20-10)21(17,18)16-6-4-9(7-16)19-11-3-5-14-8-15-11/h1-3,5,8-9H,4,6-7H2/t9-/m1/s1. The van der Waals surface area contributed by atoms with Crippen molar-refractivity contribution < 1.29 is 13.2 Å². The van der Waals surface area contributed by atoms with Gasteiger partial charge in [-0.25, -0.2) is 18.4 Å². The lowest BCUT2D eigenvalue weighted by Gasteiger charge is -2.15. The van der Waals surface area contributed by atoms with Crippen molar-refractivity contribution in [2.75, 3.05) is 13.1 Å². The molecule has 9 heteroatoms. The van der Waals surface area contributed by atoms with Gasteiger partial charge < -0.3 is 4.74 Å². The third kappa shape index (κ3) is 3.18. The zero-order chi connectivity index (χ0) is 14.9. The second-order valence-electron chi connectivity index (χ2n) is 4.50. The molecule has 21 heavy (non-hydrogen) atoms. The van der Waals surface area contributed by atoms with Crippen LogP contribution in [0.5, 0.6) is 5.88 Å². The summed E-state index contributed by atoms with van der Waals surface area (Å²) in [6.07, 6.45) is 3.40. The van der Waals surface area contributed by atoms with Crippen LogP contribution in [-0.4, -0.2) is 41.9 Å². The number of aromatic nitrogens is 2. The first kappa shape index (κ1) is 14.7. The van der Waals surface area contributed by atoms with E-state index in [1.54, 1.807) is 18.3 Å². The van der Waals surface area contributed by atoms with E-state index in [0.29, 0.717) is 29.7 Å². The summed E-state index contributed by atoms with van der Waals surface area (Å²) < 4.78 is 32.7. The normalized spacial score (nSPS) is 19.8. The van der Waals surface area contributed by atoms with Crippen molar-refractivity contribution in [1.82, 2.24) is 14.3 Å². The van der Waals surface area contributed by atoms with E-state index in [9.17, 15) is 8.42 Å².